The first-order valence-electron chi connectivity index (χ1n) is 11.3. The molecule has 2 heterocycles. The topological polar surface area (TPSA) is 78.9 Å². The number of pyridine rings is 2. The Hall–Kier alpha value is -3.09. The van der Waals surface area contributed by atoms with E-state index in [2.05, 4.69) is 39.8 Å². The average molecular weight is 496 g/mol. The summed E-state index contributed by atoms with van der Waals surface area (Å²) in [4.78, 5) is 21.9. The van der Waals surface area contributed by atoms with Gasteiger partial charge in [0.2, 0.25) is 5.91 Å². The second kappa shape index (κ2) is 10.9. The van der Waals surface area contributed by atoms with E-state index in [1.54, 1.807) is 12.4 Å². The van der Waals surface area contributed by atoms with Gasteiger partial charge in [-0.2, -0.15) is 0 Å². The van der Waals surface area contributed by atoms with E-state index in [1.807, 2.05) is 48.5 Å². The standard InChI is InChI=1S/C26H27Cl2N5O/c1-3-16(2)25(33-22-9-11-30-24-15-18(28)5-7-20(22)24)26(34)32-13-12-31-21-8-10-29-23-14-17(27)4-6-19(21)23/h4-11,14-16,25H,3,12-13H2,1-2H3,(H,29,31)(H,30,33)(H,32,34)/t16?,25-/m0/s1. The largest absolute Gasteiger partial charge is 0.383 e. The molecule has 176 valence electrons. The highest BCUT2D eigenvalue weighted by atomic mass is 35.5. The van der Waals surface area contributed by atoms with Crippen LogP contribution < -0.4 is 16.0 Å². The first-order valence-corrected chi connectivity index (χ1v) is 12.1. The average Bonchev–Trinajstić information content (AvgIpc) is 2.84. The molecule has 0 spiro atoms. The van der Waals surface area contributed by atoms with E-state index < -0.39 is 0 Å². The van der Waals surface area contributed by atoms with E-state index in [1.165, 1.54) is 0 Å². The van der Waals surface area contributed by atoms with E-state index in [0.717, 1.165) is 39.6 Å². The van der Waals surface area contributed by atoms with Crippen molar-refractivity contribution in [2.45, 2.75) is 26.3 Å². The van der Waals surface area contributed by atoms with E-state index in [4.69, 9.17) is 23.2 Å². The number of halogens is 2. The minimum absolute atomic E-state index is 0.0403. The van der Waals surface area contributed by atoms with Gasteiger partial charge in [0.25, 0.3) is 0 Å². The van der Waals surface area contributed by atoms with Gasteiger partial charge in [0.05, 0.1) is 11.0 Å². The fraction of sp³-hybridized carbons (Fsp3) is 0.269. The summed E-state index contributed by atoms with van der Waals surface area (Å²) in [5.74, 6) is 0.0961. The van der Waals surface area contributed by atoms with Crippen molar-refractivity contribution < 1.29 is 4.79 Å². The van der Waals surface area contributed by atoms with Crippen molar-refractivity contribution in [2.75, 3.05) is 23.7 Å². The Bertz CT molecular complexity index is 1310. The molecule has 0 radical (unpaired) electrons. The van der Waals surface area contributed by atoms with Crippen LogP contribution >= 0.6 is 23.2 Å². The van der Waals surface area contributed by atoms with E-state index in [-0.39, 0.29) is 17.9 Å². The molecule has 3 N–H and O–H groups in total. The van der Waals surface area contributed by atoms with Crippen LogP contribution in [-0.2, 0) is 4.79 Å². The van der Waals surface area contributed by atoms with Gasteiger partial charge in [-0.05, 0) is 54.4 Å². The van der Waals surface area contributed by atoms with Gasteiger partial charge in [0, 0.05) is 57.7 Å². The minimum Gasteiger partial charge on any atom is -0.383 e. The molecule has 4 rings (SSSR count). The molecular formula is C26H27Cl2N5O. The van der Waals surface area contributed by atoms with Crippen LogP contribution in [0.15, 0.2) is 60.9 Å². The SMILES string of the molecule is CCC(C)[C@H](Nc1ccnc2cc(Cl)ccc12)C(=O)NCCNc1ccnc2cc(Cl)ccc12. The Balaban J connectivity index is 1.41. The van der Waals surface area contributed by atoms with Crippen LogP contribution in [0.4, 0.5) is 11.4 Å². The number of rotatable bonds is 9. The van der Waals surface area contributed by atoms with Crippen LogP contribution in [0.5, 0.6) is 0 Å². The quantitative estimate of drug-likeness (QED) is 0.243. The molecule has 0 aliphatic carbocycles. The summed E-state index contributed by atoms with van der Waals surface area (Å²) in [7, 11) is 0. The molecule has 8 heteroatoms. The van der Waals surface area contributed by atoms with Crippen molar-refractivity contribution in [3.05, 3.63) is 71.0 Å². The molecule has 4 aromatic rings. The van der Waals surface area contributed by atoms with Crippen molar-refractivity contribution in [1.82, 2.24) is 15.3 Å². The van der Waals surface area contributed by atoms with Crippen molar-refractivity contribution in [3.63, 3.8) is 0 Å². The maximum Gasteiger partial charge on any atom is 0.242 e. The van der Waals surface area contributed by atoms with Crippen LogP contribution in [0.25, 0.3) is 21.8 Å². The monoisotopic (exact) mass is 495 g/mol. The highest BCUT2D eigenvalue weighted by Gasteiger charge is 2.24. The second-order valence-electron chi connectivity index (χ2n) is 8.27. The van der Waals surface area contributed by atoms with Gasteiger partial charge in [0.1, 0.15) is 6.04 Å². The summed E-state index contributed by atoms with van der Waals surface area (Å²) >= 11 is 12.2. The van der Waals surface area contributed by atoms with Crippen LogP contribution in [-0.4, -0.2) is 35.0 Å². The number of fused-ring (bicyclic) bond motifs is 2. The van der Waals surface area contributed by atoms with Gasteiger partial charge in [-0.15, -0.1) is 0 Å². The number of carbonyl (C=O) groups excluding carboxylic acids is 1. The molecule has 0 aliphatic rings. The lowest BCUT2D eigenvalue weighted by molar-refractivity contribution is -0.122. The molecule has 0 fully saturated rings. The normalized spacial score (nSPS) is 12.9. The Labute approximate surface area is 209 Å². The molecule has 2 aromatic carbocycles. The Kier molecular flexibility index (Phi) is 7.70. The number of benzene rings is 2. The smallest absolute Gasteiger partial charge is 0.242 e. The third-order valence-corrected chi connectivity index (χ3v) is 6.43. The van der Waals surface area contributed by atoms with Gasteiger partial charge in [-0.1, -0.05) is 43.5 Å². The summed E-state index contributed by atoms with van der Waals surface area (Å²) in [5, 5.41) is 13.1. The van der Waals surface area contributed by atoms with E-state index in [0.29, 0.717) is 23.1 Å². The van der Waals surface area contributed by atoms with Crippen LogP contribution in [0.1, 0.15) is 20.3 Å². The fourth-order valence-corrected chi connectivity index (χ4v) is 4.22. The third kappa shape index (κ3) is 5.51. The molecule has 6 nitrogen and oxygen atoms in total. The van der Waals surface area contributed by atoms with Gasteiger partial charge < -0.3 is 16.0 Å². The molecule has 1 amide bonds. The molecule has 0 bridgehead atoms. The Morgan fingerprint density at radius 3 is 2.09 bits per heavy atom. The van der Waals surface area contributed by atoms with E-state index >= 15 is 0 Å². The second-order valence-corrected chi connectivity index (χ2v) is 9.14. The summed E-state index contributed by atoms with van der Waals surface area (Å²) in [6, 6.07) is 14.6. The number of nitrogens with zero attached hydrogens (tertiary/aromatic N) is 2. The van der Waals surface area contributed by atoms with Gasteiger partial charge in [-0.25, -0.2) is 0 Å². The number of hydrogen-bond donors (Lipinski definition) is 3. The number of aromatic nitrogens is 2. The van der Waals surface area contributed by atoms with Gasteiger partial charge in [0.15, 0.2) is 0 Å². The summed E-state index contributed by atoms with van der Waals surface area (Å²) < 4.78 is 0. The van der Waals surface area contributed by atoms with Crippen molar-refractivity contribution in [1.29, 1.82) is 0 Å². The fourth-order valence-electron chi connectivity index (χ4n) is 3.88. The summed E-state index contributed by atoms with van der Waals surface area (Å²) in [5.41, 5.74) is 3.43. The molecular weight excluding hydrogens is 469 g/mol. The minimum atomic E-state index is -0.379. The molecule has 34 heavy (non-hydrogen) atoms. The first kappa shape index (κ1) is 24.0. The molecule has 1 unspecified atom stereocenters. The molecule has 0 saturated heterocycles. The lowest BCUT2D eigenvalue weighted by atomic mass is 9.97. The number of nitrogens with one attached hydrogen (secondary N) is 3. The van der Waals surface area contributed by atoms with Crippen LogP contribution in [0.2, 0.25) is 10.0 Å². The van der Waals surface area contributed by atoms with E-state index in [9.17, 15) is 4.79 Å². The zero-order valence-electron chi connectivity index (χ0n) is 19.1. The Morgan fingerprint density at radius 2 is 1.47 bits per heavy atom. The molecule has 2 aromatic heterocycles. The molecule has 2 atom stereocenters. The predicted molar refractivity (Wildman–Crippen MR) is 142 cm³/mol. The summed E-state index contributed by atoms with van der Waals surface area (Å²) in [6.45, 7) is 5.22. The zero-order valence-corrected chi connectivity index (χ0v) is 20.6. The number of anilines is 2. The molecule has 0 saturated carbocycles. The van der Waals surface area contributed by atoms with Crippen molar-refractivity contribution in [3.8, 4) is 0 Å². The number of carbonyl (C=O) groups is 1. The van der Waals surface area contributed by atoms with Crippen LogP contribution in [0, 0.1) is 5.92 Å². The molecule has 0 aliphatic heterocycles. The Morgan fingerprint density at radius 1 is 0.882 bits per heavy atom. The third-order valence-electron chi connectivity index (χ3n) is 5.96. The van der Waals surface area contributed by atoms with Gasteiger partial charge in [-0.3, -0.25) is 14.8 Å². The van der Waals surface area contributed by atoms with Crippen molar-refractivity contribution >= 4 is 62.3 Å². The zero-order chi connectivity index (χ0) is 24.1. The van der Waals surface area contributed by atoms with Crippen molar-refractivity contribution in [2.24, 2.45) is 5.92 Å². The highest BCUT2D eigenvalue weighted by Crippen LogP contribution is 2.27. The number of hydrogen-bond acceptors (Lipinski definition) is 5. The lowest BCUT2D eigenvalue weighted by Crippen LogP contribution is -2.45. The highest BCUT2D eigenvalue weighted by molar-refractivity contribution is 6.31. The summed E-state index contributed by atoms with van der Waals surface area (Å²) in [6.07, 6.45) is 4.33. The number of amides is 1. The lowest BCUT2D eigenvalue weighted by Gasteiger charge is -2.25. The maximum atomic E-state index is 13.1. The maximum absolute atomic E-state index is 13.1. The van der Waals surface area contributed by atoms with Crippen LogP contribution in [0.3, 0.4) is 0 Å². The first-order chi connectivity index (χ1) is 16.5. The predicted octanol–water partition coefficient (Wildman–Crippen LogP) is 6.14. The van der Waals surface area contributed by atoms with Gasteiger partial charge >= 0.3 is 0 Å².